The molecular weight excluding hydrogens is 362 g/mol. The standard InChI is InChI=1S/C19H27N5O4/c1-3-28-19(27)24-13-11-23(12-14-24)18(26)16-6-4-5-15(20-16)17(25)22-9-7-21(2)8-10-22/h4-6H,3,7-14H2,1-2H3. The number of hydrogen-bond acceptors (Lipinski definition) is 6. The van der Waals surface area contributed by atoms with Crippen LogP contribution in [0.2, 0.25) is 0 Å². The van der Waals surface area contributed by atoms with Crippen LogP contribution >= 0.6 is 0 Å². The van der Waals surface area contributed by atoms with E-state index in [0.29, 0.717) is 51.6 Å². The van der Waals surface area contributed by atoms with Gasteiger partial charge in [-0.2, -0.15) is 0 Å². The lowest BCUT2D eigenvalue weighted by Gasteiger charge is -2.34. The van der Waals surface area contributed by atoms with E-state index in [4.69, 9.17) is 4.74 Å². The Morgan fingerprint density at radius 2 is 1.32 bits per heavy atom. The number of piperazine rings is 2. The van der Waals surface area contributed by atoms with Crippen molar-refractivity contribution in [2.24, 2.45) is 0 Å². The van der Waals surface area contributed by atoms with E-state index in [1.54, 1.807) is 39.8 Å². The number of ether oxygens (including phenoxy) is 1. The third-order valence-corrected chi connectivity index (χ3v) is 5.07. The van der Waals surface area contributed by atoms with E-state index >= 15 is 0 Å². The number of carbonyl (C=O) groups is 3. The first kappa shape index (κ1) is 20.1. The minimum atomic E-state index is -0.354. The third kappa shape index (κ3) is 4.59. The van der Waals surface area contributed by atoms with Gasteiger partial charge in [-0.05, 0) is 26.1 Å². The summed E-state index contributed by atoms with van der Waals surface area (Å²) in [5.41, 5.74) is 0.546. The summed E-state index contributed by atoms with van der Waals surface area (Å²) in [4.78, 5) is 48.8. The molecule has 3 rings (SSSR count). The maximum atomic E-state index is 12.8. The molecule has 0 bridgehead atoms. The van der Waals surface area contributed by atoms with Gasteiger partial charge in [0.2, 0.25) is 0 Å². The molecule has 2 saturated heterocycles. The summed E-state index contributed by atoms with van der Waals surface area (Å²) in [5.74, 6) is -0.369. The Balaban J connectivity index is 1.61. The van der Waals surface area contributed by atoms with E-state index in [-0.39, 0.29) is 23.6 Å². The maximum Gasteiger partial charge on any atom is 0.409 e. The molecule has 2 aliphatic heterocycles. The first-order valence-electron chi connectivity index (χ1n) is 9.65. The fourth-order valence-corrected chi connectivity index (χ4v) is 3.31. The monoisotopic (exact) mass is 389 g/mol. The Hall–Kier alpha value is -2.68. The van der Waals surface area contributed by atoms with Crippen LogP contribution in [0.4, 0.5) is 4.79 Å². The van der Waals surface area contributed by atoms with Crippen molar-refractivity contribution >= 4 is 17.9 Å². The zero-order chi connectivity index (χ0) is 20.1. The Morgan fingerprint density at radius 3 is 1.82 bits per heavy atom. The normalized spacial score (nSPS) is 18.1. The third-order valence-electron chi connectivity index (χ3n) is 5.07. The lowest BCUT2D eigenvalue weighted by atomic mass is 10.2. The van der Waals surface area contributed by atoms with E-state index in [9.17, 15) is 14.4 Å². The minimum Gasteiger partial charge on any atom is -0.450 e. The quantitative estimate of drug-likeness (QED) is 0.743. The highest BCUT2D eigenvalue weighted by Gasteiger charge is 2.27. The fourth-order valence-electron chi connectivity index (χ4n) is 3.31. The molecule has 152 valence electrons. The predicted octanol–water partition coefficient (Wildman–Crippen LogP) is 0.384. The SMILES string of the molecule is CCOC(=O)N1CCN(C(=O)c2cccc(C(=O)N3CCN(C)CC3)n2)CC1. The number of rotatable bonds is 3. The van der Waals surface area contributed by atoms with Crippen molar-refractivity contribution in [1.29, 1.82) is 0 Å². The molecule has 0 aromatic carbocycles. The molecule has 0 atom stereocenters. The van der Waals surface area contributed by atoms with Gasteiger partial charge < -0.3 is 24.3 Å². The highest BCUT2D eigenvalue weighted by molar-refractivity contribution is 5.96. The summed E-state index contributed by atoms with van der Waals surface area (Å²) >= 11 is 0. The molecule has 2 aliphatic rings. The van der Waals surface area contributed by atoms with Crippen LogP contribution in [-0.2, 0) is 4.74 Å². The Kier molecular flexibility index (Phi) is 6.45. The molecule has 0 saturated carbocycles. The van der Waals surface area contributed by atoms with Gasteiger partial charge in [0.15, 0.2) is 0 Å². The average Bonchev–Trinajstić information content (AvgIpc) is 2.73. The topological polar surface area (TPSA) is 86.3 Å². The number of hydrogen-bond donors (Lipinski definition) is 0. The molecule has 0 spiro atoms. The van der Waals surface area contributed by atoms with E-state index in [0.717, 1.165) is 13.1 Å². The van der Waals surface area contributed by atoms with Crippen molar-refractivity contribution in [2.45, 2.75) is 6.92 Å². The van der Waals surface area contributed by atoms with Crippen LogP contribution in [-0.4, -0.2) is 109 Å². The summed E-state index contributed by atoms with van der Waals surface area (Å²) < 4.78 is 4.99. The van der Waals surface area contributed by atoms with Gasteiger partial charge in [-0.25, -0.2) is 9.78 Å². The molecule has 0 unspecified atom stereocenters. The second-order valence-corrected chi connectivity index (χ2v) is 6.98. The molecule has 28 heavy (non-hydrogen) atoms. The Morgan fingerprint density at radius 1 is 0.857 bits per heavy atom. The highest BCUT2D eigenvalue weighted by Crippen LogP contribution is 2.11. The van der Waals surface area contributed by atoms with Crippen LogP contribution in [0.15, 0.2) is 18.2 Å². The molecular formula is C19H27N5O4. The first-order valence-corrected chi connectivity index (χ1v) is 9.65. The fraction of sp³-hybridized carbons (Fsp3) is 0.579. The van der Waals surface area contributed by atoms with Crippen LogP contribution in [0.1, 0.15) is 27.9 Å². The number of carbonyl (C=O) groups excluding carboxylic acids is 3. The summed E-state index contributed by atoms with van der Waals surface area (Å²) in [6, 6.07) is 4.97. The second kappa shape index (κ2) is 9.01. The molecule has 0 aliphatic carbocycles. The molecule has 3 heterocycles. The number of likely N-dealkylation sites (N-methyl/N-ethyl adjacent to an activating group) is 1. The van der Waals surface area contributed by atoms with Gasteiger partial charge >= 0.3 is 6.09 Å². The molecule has 2 fully saturated rings. The molecule has 0 radical (unpaired) electrons. The molecule has 1 aromatic rings. The van der Waals surface area contributed by atoms with Crippen molar-refractivity contribution in [2.75, 3.05) is 66.0 Å². The van der Waals surface area contributed by atoms with Crippen LogP contribution in [0.25, 0.3) is 0 Å². The summed E-state index contributed by atoms with van der Waals surface area (Å²) in [6.45, 7) is 6.73. The Bertz CT molecular complexity index is 725. The lowest BCUT2D eigenvalue weighted by Crippen LogP contribution is -2.51. The minimum absolute atomic E-state index is 0.144. The molecule has 3 amide bonds. The van der Waals surface area contributed by atoms with Gasteiger partial charge in [-0.1, -0.05) is 6.07 Å². The summed E-state index contributed by atoms with van der Waals surface area (Å²) in [5, 5.41) is 0. The van der Waals surface area contributed by atoms with Gasteiger partial charge in [0.05, 0.1) is 6.61 Å². The van der Waals surface area contributed by atoms with Crippen molar-refractivity contribution in [3.63, 3.8) is 0 Å². The zero-order valence-electron chi connectivity index (χ0n) is 16.5. The van der Waals surface area contributed by atoms with E-state index in [2.05, 4.69) is 9.88 Å². The smallest absolute Gasteiger partial charge is 0.409 e. The van der Waals surface area contributed by atoms with Crippen molar-refractivity contribution < 1.29 is 19.1 Å². The van der Waals surface area contributed by atoms with Crippen molar-refractivity contribution in [1.82, 2.24) is 24.6 Å². The molecule has 0 N–H and O–H groups in total. The maximum absolute atomic E-state index is 12.8. The van der Waals surface area contributed by atoms with E-state index in [1.807, 2.05) is 7.05 Å². The first-order chi connectivity index (χ1) is 13.5. The number of pyridine rings is 1. The van der Waals surface area contributed by atoms with Crippen molar-refractivity contribution in [3.8, 4) is 0 Å². The van der Waals surface area contributed by atoms with E-state index in [1.165, 1.54) is 0 Å². The van der Waals surface area contributed by atoms with Crippen LogP contribution < -0.4 is 0 Å². The summed E-state index contributed by atoms with van der Waals surface area (Å²) in [7, 11) is 2.03. The van der Waals surface area contributed by atoms with E-state index < -0.39 is 0 Å². The van der Waals surface area contributed by atoms with Gasteiger partial charge in [0, 0.05) is 52.4 Å². The highest BCUT2D eigenvalue weighted by atomic mass is 16.6. The average molecular weight is 389 g/mol. The second-order valence-electron chi connectivity index (χ2n) is 6.98. The van der Waals surface area contributed by atoms with Crippen molar-refractivity contribution in [3.05, 3.63) is 29.6 Å². The number of aromatic nitrogens is 1. The summed E-state index contributed by atoms with van der Waals surface area (Å²) in [6.07, 6.45) is -0.354. The zero-order valence-corrected chi connectivity index (χ0v) is 16.5. The predicted molar refractivity (Wildman–Crippen MR) is 102 cm³/mol. The van der Waals surface area contributed by atoms with Gasteiger partial charge in [0.25, 0.3) is 11.8 Å². The largest absolute Gasteiger partial charge is 0.450 e. The molecule has 1 aromatic heterocycles. The molecule has 9 nitrogen and oxygen atoms in total. The van der Waals surface area contributed by atoms with Gasteiger partial charge in [0.1, 0.15) is 11.4 Å². The van der Waals surface area contributed by atoms with Crippen LogP contribution in [0, 0.1) is 0 Å². The van der Waals surface area contributed by atoms with Crippen LogP contribution in [0.3, 0.4) is 0 Å². The number of amides is 3. The van der Waals surface area contributed by atoms with Crippen LogP contribution in [0.5, 0.6) is 0 Å². The lowest BCUT2D eigenvalue weighted by molar-refractivity contribution is 0.0564. The van der Waals surface area contributed by atoms with Gasteiger partial charge in [-0.15, -0.1) is 0 Å². The van der Waals surface area contributed by atoms with Gasteiger partial charge in [-0.3, -0.25) is 9.59 Å². The molecule has 9 heteroatoms. The number of nitrogens with zero attached hydrogens (tertiary/aromatic N) is 5. The Labute approximate surface area is 164 Å².